The van der Waals surface area contributed by atoms with E-state index in [1.807, 2.05) is 0 Å². The lowest BCUT2D eigenvalue weighted by atomic mass is 9.80. The van der Waals surface area contributed by atoms with Crippen LogP contribution in [0.5, 0.6) is 0 Å². The van der Waals surface area contributed by atoms with Gasteiger partial charge in [0.15, 0.2) is 0 Å². The average molecular weight is 526 g/mol. The first-order valence-electron chi connectivity index (χ1n) is 13.4. The second-order valence-electron chi connectivity index (χ2n) is 10.9. The van der Waals surface area contributed by atoms with Gasteiger partial charge in [0.05, 0.1) is 34.8 Å². The predicted octanol–water partition coefficient (Wildman–Crippen LogP) is 2.68. The molecule has 3 fully saturated rings. The first-order valence-corrected chi connectivity index (χ1v) is 13.4. The van der Waals surface area contributed by atoms with E-state index >= 15 is 0 Å². The van der Waals surface area contributed by atoms with Crippen molar-refractivity contribution < 1.29 is 19.2 Å². The molecule has 2 aliphatic carbocycles. The molecule has 1 aromatic carbocycles. The fourth-order valence-electron chi connectivity index (χ4n) is 5.81. The van der Waals surface area contributed by atoms with Crippen molar-refractivity contribution in [2.24, 2.45) is 5.92 Å². The summed E-state index contributed by atoms with van der Waals surface area (Å²) in [6, 6.07) is 4.47. The van der Waals surface area contributed by atoms with E-state index in [-0.39, 0.29) is 29.9 Å². The molecule has 4 amide bonds. The SMILES string of the molecule is O=C1CCC(N2C(=O)c3ccc(NCC4CC(n5cc(-c6cnccn6)c(C6CC6)n5)C4)cc3C2=O)C(=O)N1. The number of benzene rings is 1. The predicted molar refractivity (Wildman–Crippen MR) is 139 cm³/mol. The summed E-state index contributed by atoms with van der Waals surface area (Å²) in [5.74, 6) is -1.03. The molecule has 2 saturated carbocycles. The van der Waals surface area contributed by atoms with E-state index in [1.54, 1.807) is 36.8 Å². The minimum absolute atomic E-state index is 0.0983. The molecule has 1 unspecified atom stereocenters. The third-order valence-electron chi connectivity index (χ3n) is 8.18. The Morgan fingerprint density at radius 2 is 1.79 bits per heavy atom. The first kappa shape index (κ1) is 23.7. The maximum atomic E-state index is 13.1. The van der Waals surface area contributed by atoms with Crippen LogP contribution in [0.15, 0.2) is 43.0 Å². The highest BCUT2D eigenvalue weighted by Crippen LogP contribution is 2.45. The van der Waals surface area contributed by atoms with Crippen LogP contribution in [0.1, 0.15) is 76.9 Å². The van der Waals surface area contributed by atoms with E-state index in [9.17, 15) is 19.2 Å². The fourth-order valence-corrected chi connectivity index (χ4v) is 5.81. The van der Waals surface area contributed by atoms with Crippen molar-refractivity contribution in [3.05, 3.63) is 59.8 Å². The standard InChI is InChI=1S/C28H27N7O4/c36-24-6-5-23(26(37)32-24)35-27(38)19-4-3-17(11-20(19)28(35)39)31-12-15-9-18(10-15)34-14-21(22-13-29-7-8-30-22)25(33-34)16-1-2-16/h3-4,7-8,11,13-16,18,23,31H,1-2,5-6,9-10,12H2,(H,32,36,37). The van der Waals surface area contributed by atoms with Gasteiger partial charge in [-0.15, -0.1) is 0 Å². The molecule has 4 aliphatic rings. The zero-order valence-electron chi connectivity index (χ0n) is 21.2. The highest BCUT2D eigenvalue weighted by atomic mass is 16.2. The number of hydrogen-bond acceptors (Lipinski definition) is 8. The van der Waals surface area contributed by atoms with Crippen LogP contribution in [0, 0.1) is 5.92 Å². The lowest BCUT2D eigenvalue weighted by molar-refractivity contribution is -0.136. The number of piperidine rings is 1. The molecule has 0 radical (unpaired) electrons. The number of anilines is 1. The van der Waals surface area contributed by atoms with Gasteiger partial charge in [0.2, 0.25) is 11.8 Å². The van der Waals surface area contributed by atoms with Crippen molar-refractivity contribution in [3.8, 4) is 11.3 Å². The van der Waals surface area contributed by atoms with Crippen molar-refractivity contribution in [2.45, 2.75) is 56.5 Å². The molecule has 7 rings (SSSR count). The Balaban J connectivity index is 0.987. The van der Waals surface area contributed by atoms with Crippen LogP contribution >= 0.6 is 0 Å². The molecule has 198 valence electrons. The van der Waals surface area contributed by atoms with Crippen LogP contribution in [0.3, 0.4) is 0 Å². The number of hydrogen-bond donors (Lipinski definition) is 2. The van der Waals surface area contributed by atoms with E-state index in [0.717, 1.165) is 46.9 Å². The number of aromatic nitrogens is 4. The molecule has 2 aliphatic heterocycles. The van der Waals surface area contributed by atoms with Crippen molar-refractivity contribution in [2.75, 3.05) is 11.9 Å². The Kier molecular flexibility index (Phi) is 5.53. The quantitative estimate of drug-likeness (QED) is 0.449. The Morgan fingerprint density at radius 1 is 0.974 bits per heavy atom. The number of nitrogens with zero attached hydrogens (tertiary/aromatic N) is 5. The zero-order valence-corrected chi connectivity index (χ0v) is 21.2. The molecular formula is C28H27N7O4. The van der Waals surface area contributed by atoms with Crippen molar-refractivity contribution in [1.29, 1.82) is 0 Å². The summed E-state index contributed by atoms with van der Waals surface area (Å²) < 4.78 is 2.09. The highest BCUT2D eigenvalue weighted by Gasteiger charge is 2.44. The molecule has 2 N–H and O–H groups in total. The van der Waals surface area contributed by atoms with Gasteiger partial charge in [-0.25, -0.2) is 0 Å². The van der Waals surface area contributed by atoms with Gasteiger partial charge < -0.3 is 5.32 Å². The number of carbonyl (C=O) groups is 4. The minimum Gasteiger partial charge on any atom is -0.385 e. The van der Waals surface area contributed by atoms with Gasteiger partial charge in [-0.05, 0) is 56.2 Å². The van der Waals surface area contributed by atoms with Gasteiger partial charge in [0.1, 0.15) is 6.04 Å². The van der Waals surface area contributed by atoms with Crippen LogP contribution in [-0.4, -0.2) is 60.9 Å². The molecule has 1 saturated heterocycles. The van der Waals surface area contributed by atoms with Crippen LogP contribution in [0.25, 0.3) is 11.3 Å². The Bertz CT molecular complexity index is 1510. The van der Waals surface area contributed by atoms with E-state index < -0.39 is 23.8 Å². The van der Waals surface area contributed by atoms with Crippen LogP contribution in [0.2, 0.25) is 0 Å². The maximum Gasteiger partial charge on any atom is 0.262 e. The molecule has 0 bridgehead atoms. The van der Waals surface area contributed by atoms with Gasteiger partial charge in [-0.1, -0.05) is 0 Å². The number of carbonyl (C=O) groups excluding carboxylic acids is 4. The fraction of sp³-hybridized carbons (Fsp3) is 0.393. The van der Waals surface area contributed by atoms with Crippen LogP contribution < -0.4 is 10.6 Å². The first-order chi connectivity index (χ1) is 19.0. The lowest BCUT2D eigenvalue weighted by Gasteiger charge is -2.35. The summed E-state index contributed by atoms with van der Waals surface area (Å²) in [6.07, 6.45) is 11.9. The number of fused-ring (bicyclic) bond motifs is 1. The van der Waals surface area contributed by atoms with E-state index in [2.05, 4.69) is 31.5 Å². The van der Waals surface area contributed by atoms with Gasteiger partial charge in [-0.2, -0.15) is 5.10 Å². The highest BCUT2D eigenvalue weighted by molar-refractivity contribution is 6.23. The Labute approximate surface area is 224 Å². The molecule has 4 heterocycles. The van der Waals surface area contributed by atoms with Gasteiger partial charge in [0.25, 0.3) is 11.8 Å². The monoisotopic (exact) mass is 525 g/mol. The number of imide groups is 2. The number of nitrogens with one attached hydrogen (secondary N) is 2. The van der Waals surface area contributed by atoms with E-state index in [0.29, 0.717) is 17.9 Å². The minimum atomic E-state index is -0.962. The van der Waals surface area contributed by atoms with E-state index in [1.165, 1.54) is 12.8 Å². The van der Waals surface area contributed by atoms with Gasteiger partial charge >= 0.3 is 0 Å². The third-order valence-corrected chi connectivity index (χ3v) is 8.18. The van der Waals surface area contributed by atoms with Crippen molar-refractivity contribution >= 4 is 29.3 Å². The largest absolute Gasteiger partial charge is 0.385 e. The molecule has 2 aromatic heterocycles. The summed E-state index contributed by atoms with van der Waals surface area (Å²) in [6.45, 7) is 0.738. The maximum absolute atomic E-state index is 13.1. The summed E-state index contributed by atoms with van der Waals surface area (Å²) in [5, 5.41) is 10.6. The summed E-state index contributed by atoms with van der Waals surface area (Å²) in [7, 11) is 0. The Morgan fingerprint density at radius 3 is 2.54 bits per heavy atom. The average Bonchev–Trinajstić information content (AvgIpc) is 3.62. The molecule has 39 heavy (non-hydrogen) atoms. The summed E-state index contributed by atoms with van der Waals surface area (Å²) in [4.78, 5) is 59.4. The summed E-state index contributed by atoms with van der Waals surface area (Å²) in [5.41, 5.74) is 4.38. The molecule has 3 aromatic rings. The van der Waals surface area contributed by atoms with Crippen molar-refractivity contribution in [1.82, 2.24) is 30.0 Å². The molecule has 1 atom stereocenters. The van der Waals surface area contributed by atoms with E-state index in [4.69, 9.17) is 5.10 Å². The summed E-state index contributed by atoms with van der Waals surface area (Å²) >= 11 is 0. The number of amides is 4. The molecular weight excluding hydrogens is 498 g/mol. The second kappa shape index (κ2) is 9.11. The second-order valence-corrected chi connectivity index (χ2v) is 10.9. The van der Waals surface area contributed by atoms with Gasteiger partial charge in [0, 0.05) is 48.7 Å². The lowest BCUT2D eigenvalue weighted by Crippen LogP contribution is -2.54. The van der Waals surface area contributed by atoms with Crippen LogP contribution in [-0.2, 0) is 9.59 Å². The smallest absolute Gasteiger partial charge is 0.262 e. The zero-order chi connectivity index (χ0) is 26.7. The number of rotatable bonds is 7. The third kappa shape index (κ3) is 4.18. The molecule has 11 heteroatoms. The molecule has 11 nitrogen and oxygen atoms in total. The van der Waals surface area contributed by atoms with Crippen LogP contribution in [0.4, 0.5) is 5.69 Å². The van der Waals surface area contributed by atoms with Gasteiger partial charge in [-0.3, -0.25) is 44.0 Å². The Hall–Kier alpha value is -4.41. The normalized spacial score (nSPS) is 24.4. The molecule has 0 spiro atoms. The van der Waals surface area contributed by atoms with Crippen molar-refractivity contribution in [3.63, 3.8) is 0 Å². The topological polar surface area (TPSA) is 139 Å².